The fourth-order valence-corrected chi connectivity index (χ4v) is 2.64. The van der Waals surface area contributed by atoms with Crippen molar-refractivity contribution in [1.82, 2.24) is 10.3 Å². The number of amides is 1. The van der Waals surface area contributed by atoms with E-state index in [0.717, 1.165) is 18.8 Å². The van der Waals surface area contributed by atoms with Crippen LogP contribution in [0.2, 0.25) is 0 Å². The van der Waals surface area contributed by atoms with Gasteiger partial charge in [-0.05, 0) is 42.8 Å². The van der Waals surface area contributed by atoms with E-state index in [4.69, 9.17) is 10.6 Å². The molecule has 0 fully saturated rings. The number of thiophene rings is 1. The SMILES string of the molecule is CN(CCOc1ccc(C(=O)NN)cc1)Cc1cccs1. The second-order valence-electron chi connectivity index (χ2n) is 4.66. The minimum absolute atomic E-state index is 0.308. The van der Waals surface area contributed by atoms with Gasteiger partial charge in [0.2, 0.25) is 0 Å². The molecule has 21 heavy (non-hydrogen) atoms. The summed E-state index contributed by atoms with van der Waals surface area (Å²) >= 11 is 1.76. The van der Waals surface area contributed by atoms with Crippen molar-refractivity contribution in [2.45, 2.75) is 6.54 Å². The summed E-state index contributed by atoms with van der Waals surface area (Å²) < 4.78 is 5.66. The third kappa shape index (κ3) is 4.86. The number of carbonyl (C=O) groups is 1. The van der Waals surface area contributed by atoms with Gasteiger partial charge in [-0.25, -0.2) is 5.84 Å². The van der Waals surface area contributed by atoms with Crippen molar-refractivity contribution >= 4 is 17.2 Å². The van der Waals surface area contributed by atoms with Gasteiger partial charge in [-0.2, -0.15) is 0 Å². The molecule has 112 valence electrons. The van der Waals surface area contributed by atoms with Crippen LogP contribution in [0.3, 0.4) is 0 Å². The van der Waals surface area contributed by atoms with Crippen molar-refractivity contribution in [3.05, 3.63) is 52.2 Å². The Bertz CT molecular complexity index is 555. The predicted octanol–water partition coefficient (Wildman–Crippen LogP) is 1.86. The normalized spacial score (nSPS) is 10.6. The van der Waals surface area contributed by atoms with Crippen LogP contribution in [0, 0.1) is 0 Å². The summed E-state index contributed by atoms with van der Waals surface area (Å²) in [5.74, 6) is 5.51. The minimum Gasteiger partial charge on any atom is -0.492 e. The number of hydrogen-bond acceptors (Lipinski definition) is 5. The number of rotatable bonds is 7. The molecule has 5 nitrogen and oxygen atoms in total. The van der Waals surface area contributed by atoms with Crippen molar-refractivity contribution in [2.75, 3.05) is 20.2 Å². The highest BCUT2D eigenvalue weighted by molar-refractivity contribution is 7.09. The molecule has 2 rings (SSSR count). The van der Waals surface area contributed by atoms with Crippen LogP contribution in [0.4, 0.5) is 0 Å². The Kier molecular flexibility index (Phi) is 5.74. The number of nitrogens with one attached hydrogen (secondary N) is 1. The number of nitrogens with zero attached hydrogens (tertiary/aromatic N) is 1. The van der Waals surface area contributed by atoms with Gasteiger partial charge >= 0.3 is 0 Å². The molecular weight excluding hydrogens is 286 g/mol. The van der Waals surface area contributed by atoms with Gasteiger partial charge in [0.25, 0.3) is 5.91 Å². The van der Waals surface area contributed by atoms with Crippen molar-refractivity contribution < 1.29 is 9.53 Å². The first-order chi connectivity index (χ1) is 10.2. The lowest BCUT2D eigenvalue weighted by atomic mass is 10.2. The van der Waals surface area contributed by atoms with E-state index >= 15 is 0 Å². The first kappa shape index (κ1) is 15.5. The summed E-state index contributed by atoms with van der Waals surface area (Å²) in [4.78, 5) is 14.8. The smallest absolute Gasteiger partial charge is 0.265 e. The second-order valence-corrected chi connectivity index (χ2v) is 5.70. The Morgan fingerprint density at radius 2 is 2.10 bits per heavy atom. The summed E-state index contributed by atoms with van der Waals surface area (Å²) in [5.41, 5.74) is 2.61. The number of nitrogens with two attached hydrogens (primary N) is 1. The van der Waals surface area contributed by atoms with E-state index in [1.165, 1.54) is 4.88 Å². The molecule has 0 saturated heterocycles. The van der Waals surface area contributed by atoms with E-state index in [1.54, 1.807) is 35.6 Å². The third-order valence-corrected chi connectivity index (χ3v) is 3.86. The van der Waals surface area contributed by atoms with Gasteiger partial charge in [0.1, 0.15) is 12.4 Å². The Morgan fingerprint density at radius 3 is 2.71 bits per heavy atom. The van der Waals surface area contributed by atoms with Gasteiger partial charge in [0.05, 0.1) is 0 Å². The second kappa shape index (κ2) is 7.78. The van der Waals surface area contributed by atoms with Gasteiger partial charge in [0, 0.05) is 23.5 Å². The maximum absolute atomic E-state index is 11.3. The van der Waals surface area contributed by atoms with E-state index in [9.17, 15) is 4.79 Å². The Hall–Kier alpha value is -1.89. The Balaban J connectivity index is 1.74. The molecule has 0 aliphatic carbocycles. The van der Waals surface area contributed by atoms with E-state index in [1.807, 2.05) is 0 Å². The average molecular weight is 305 g/mol. The van der Waals surface area contributed by atoms with Crippen LogP contribution in [0.1, 0.15) is 15.2 Å². The molecule has 0 radical (unpaired) electrons. The maximum Gasteiger partial charge on any atom is 0.265 e. The van der Waals surface area contributed by atoms with Gasteiger partial charge in [-0.1, -0.05) is 6.07 Å². The van der Waals surface area contributed by atoms with Crippen molar-refractivity contribution in [3.63, 3.8) is 0 Å². The Labute approximate surface area is 128 Å². The number of likely N-dealkylation sites (N-methyl/N-ethyl adjacent to an activating group) is 1. The summed E-state index contributed by atoms with van der Waals surface area (Å²) in [6.45, 7) is 2.36. The summed E-state index contributed by atoms with van der Waals surface area (Å²) in [6.07, 6.45) is 0. The van der Waals surface area contributed by atoms with Crippen LogP contribution in [0.5, 0.6) is 5.75 Å². The molecule has 1 aromatic heterocycles. The summed E-state index contributed by atoms with van der Waals surface area (Å²) in [7, 11) is 2.07. The standard InChI is InChI=1S/C15H19N3O2S/c1-18(11-14-3-2-10-21-14)8-9-20-13-6-4-12(5-7-13)15(19)17-16/h2-7,10H,8-9,11,16H2,1H3,(H,17,19). The van der Waals surface area contributed by atoms with Gasteiger partial charge in [0.15, 0.2) is 0 Å². The van der Waals surface area contributed by atoms with Crippen LogP contribution in [0.15, 0.2) is 41.8 Å². The number of hydrogen-bond donors (Lipinski definition) is 2. The zero-order valence-corrected chi connectivity index (χ0v) is 12.7. The average Bonchev–Trinajstić information content (AvgIpc) is 3.00. The predicted molar refractivity (Wildman–Crippen MR) is 84.2 cm³/mol. The van der Waals surface area contributed by atoms with E-state index in [-0.39, 0.29) is 5.91 Å². The number of hydrazine groups is 1. The molecule has 1 heterocycles. The molecule has 1 amide bonds. The maximum atomic E-state index is 11.3. The highest BCUT2D eigenvalue weighted by Crippen LogP contribution is 2.13. The summed E-state index contributed by atoms with van der Waals surface area (Å²) in [6, 6.07) is 11.1. The topological polar surface area (TPSA) is 67.6 Å². The van der Waals surface area contributed by atoms with Crippen molar-refractivity contribution in [2.24, 2.45) is 5.84 Å². The number of ether oxygens (including phenoxy) is 1. The fraction of sp³-hybridized carbons (Fsp3) is 0.267. The molecule has 2 aromatic rings. The van der Waals surface area contributed by atoms with Gasteiger partial charge in [-0.3, -0.25) is 15.1 Å². The highest BCUT2D eigenvalue weighted by atomic mass is 32.1. The molecule has 3 N–H and O–H groups in total. The zero-order chi connectivity index (χ0) is 15.1. The first-order valence-corrected chi connectivity index (χ1v) is 7.52. The van der Waals surface area contributed by atoms with Crippen LogP contribution in [0.25, 0.3) is 0 Å². The highest BCUT2D eigenvalue weighted by Gasteiger charge is 2.04. The third-order valence-electron chi connectivity index (χ3n) is 3.00. The van der Waals surface area contributed by atoms with E-state index in [2.05, 4.69) is 34.9 Å². The van der Waals surface area contributed by atoms with Crippen molar-refractivity contribution in [1.29, 1.82) is 0 Å². The molecule has 0 bridgehead atoms. The van der Waals surface area contributed by atoms with Crippen LogP contribution in [-0.4, -0.2) is 31.0 Å². The van der Waals surface area contributed by atoms with Crippen molar-refractivity contribution in [3.8, 4) is 5.75 Å². The molecule has 0 aliphatic heterocycles. The molecule has 0 atom stereocenters. The Morgan fingerprint density at radius 1 is 1.33 bits per heavy atom. The minimum atomic E-state index is -0.308. The molecule has 0 spiro atoms. The molecule has 1 aromatic carbocycles. The number of carbonyl (C=O) groups excluding carboxylic acids is 1. The number of benzene rings is 1. The van der Waals surface area contributed by atoms with E-state index in [0.29, 0.717) is 12.2 Å². The van der Waals surface area contributed by atoms with Gasteiger partial charge < -0.3 is 4.74 Å². The molecular formula is C15H19N3O2S. The monoisotopic (exact) mass is 305 g/mol. The molecule has 0 saturated carbocycles. The number of nitrogen functional groups attached to an aromatic ring is 1. The largest absolute Gasteiger partial charge is 0.492 e. The van der Waals surface area contributed by atoms with Crippen LogP contribution >= 0.6 is 11.3 Å². The van der Waals surface area contributed by atoms with E-state index < -0.39 is 0 Å². The molecule has 0 aliphatic rings. The first-order valence-electron chi connectivity index (χ1n) is 6.64. The lowest BCUT2D eigenvalue weighted by Gasteiger charge is -2.16. The lowest BCUT2D eigenvalue weighted by Crippen LogP contribution is -2.29. The molecule has 6 heteroatoms. The van der Waals surface area contributed by atoms with Gasteiger partial charge in [-0.15, -0.1) is 11.3 Å². The quantitative estimate of drug-likeness (QED) is 0.465. The fourth-order valence-electron chi connectivity index (χ4n) is 1.85. The zero-order valence-electron chi connectivity index (χ0n) is 11.9. The van der Waals surface area contributed by atoms with Crippen LogP contribution < -0.4 is 16.0 Å². The molecule has 0 unspecified atom stereocenters. The summed E-state index contributed by atoms with van der Waals surface area (Å²) in [5, 5.41) is 2.08. The lowest BCUT2D eigenvalue weighted by molar-refractivity contribution is 0.0953. The van der Waals surface area contributed by atoms with Crippen LogP contribution in [-0.2, 0) is 6.54 Å².